The normalized spacial score (nSPS) is 17.1. The molecule has 0 aromatic heterocycles. The molecule has 4 nitrogen and oxygen atoms in total. The average Bonchev–Trinajstić information content (AvgIpc) is 2.80. The van der Waals surface area contributed by atoms with Crippen LogP contribution in [0.3, 0.4) is 0 Å². The Hall–Kier alpha value is -1.63. The molecule has 0 aliphatic carbocycles. The lowest BCUT2D eigenvalue weighted by molar-refractivity contribution is -0.131. The van der Waals surface area contributed by atoms with Gasteiger partial charge in [-0.1, -0.05) is 71.6 Å². The first-order valence-electron chi connectivity index (χ1n) is 9.25. The minimum Gasteiger partial charge on any atom is -0.507 e. The second-order valence-electron chi connectivity index (χ2n) is 9.09. The monoisotopic (exact) mass is 418 g/mol. The number of benzene rings is 1. The zero-order chi connectivity index (χ0) is 21.4. The maximum Gasteiger partial charge on any atom is 0.280 e. The van der Waals surface area contributed by atoms with E-state index in [1.54, 1.807) is 11.1 Å². The van der Waals surface area contributed by atoms with Gasteiger partial charge in [0.15, 0.2) is 4.32 Å². The fourth-order valence-corrected chi connectivity index (χ4v) is 4.41. The standard InChI is InChI=1S/C22H30N2O2S2/c1-9-10-23(8)24-19(26)17(28-20(24)27)13-14-11-15(21(2,3)4)18(25)16(12-14)22(5,6)7/h9,11-13,25H,1,10H2,2-8H3/b17-13+. The van der Waals surface area contributed by atoms with Crippen molar-refractivity contribution in [2.24, 2.45) is 0 Å². The lowest BCUT2D eigenvalue weighted by Crippen LogP contribution is -2.42. The van der Waals surface area contributed by atoms with Crippen LogP contribution in [-0.2, 0) is 15.6 Å². The van der Waals surface area contributed by atoms with Crippen molar-refractivity contribution in [1.29, 1.82) is 0 Å². The predicted octanol–water partition coefficient (Wildman–Crippen LogP) is 5.22. The number of hydrogen-bond acceptors (Lipinski definition) is 5. The summed E-state index contributed by atoms with van der Waals surface area (Å²) < 4.78 is 0.506. The molecule has 1 aromatic carbocycles. The van der Waals surface area contributed by atoms with E-state index in [0.717, 1.165) is 16.7 Å². The second kappa shape index (κ2) is 8.01. The molecule has 1 aromatic rings. The van der Waals surface area contributed by atoms with Crippen molar-refractivity contribution < 1.29 is 9.90 Å². The topological polar surface area (TPSA) is 43.8 Å². The van der Waals surface area contributed by atoms with Gasteiger partial charge in [0.25, 0.3) is 5.91 Å². The molecule has 0 saturated carbocycles. The smallest absolute Gasteiger partial charge is 0.280 e. The molecule has 1 aliphatic rings. The van der Waals surface area contributed by atoms with Gasteiger partial charge in [0.2, 0.25) is 0 Å². The van der Waals surface area contributed by atoms with Gasteiger partial charge in [-0.05, 0) is 34.6 Å². The van der Waals surface area contributed by atoms with E-state index < -0.39 is 0 Å². The fraction of sp³-hybridized carbons (Fsp3) is 0.455. The lowest BCUT2D eigenvalue weighted by Gasteiger charge is -2.28. The molecule has 152 valence electrons. The Labute approximate surface area is 178 Å². The molecule has 0 bridgehead atoms. The molecule has 0 radical (unpaired) electrons. The van der Waals surface area contributed by atoms with Crippen LogP contribution in [0.4, 0.5) is 0 Å². The maximum atomic E-state index is 12.9. The van der Waals surface area contributed by atoms with Crippen LogP contribution in [0.5, 0.6) is 5.75 Å². The quantitative estimate of drug-likeness (QED) is 0.412. The molecule has 1 saturated heterocycles. The number of carbonyl (C=O) groups excluding carboxylic acids is 1. The van der Waals surface area contributed by atoms with Crippen molar-refractivity contribution in [2.45, 2.75) is 52.4 Å². The van der Waals surface area contributed by atoms with Crippen LogP contribution in [0, 0.1) is 0 Å². The number of hydrazine groups is 1. The lowest BCUT2D eigenvalue weighted by atomic mass is 9.78. The summed E-state index contributed by atoms with van der Waals surface area (Å²) in [4.78, 5) is 13.5. The van der Waals surface area contributed by atoms with Crippen molar-refractivity contribution in [2.75, 3.05) is 13.6 Å². The Balaban J connectivity index is 2.55. The number of phenolic OH excluding ortho intramolecular Hbond substituents is 1. The Bertz CT molecular complexity index is 810. The molecule has 0 atom stereocenters. The molecular formula is C22H30N2O2S2. The molecule has 2 rings (SSSR count). The molecule has 1 heterocycles. The van der Waals surface area contributed by atoms with Gasteiger partial charge in [-0.2, -0.15) is 0 Å². The zero-order valence-electron chi connectivity index (χ0n) is 17.8. The maximum absolute atomic E-state index is 12.9. The predicted molar refractivity (Wildman–Crippen MR) is 123 cm³/mol. The third-order valence-corrected chi connectivity index (χ3v) is 5.84. The van der Waals surface area contributed by atoms with Gasteiger partial charge in [0.05, 0.1) is 4.91 Å². The van der Waals surface area contributed by atoms with Crippen molar-refractivity contribution >= 4 is 40.3 Å². The van der Waals surface area contributed by atoms with Gasteiger partial charge in [0, 0.05) is 24.7 Å². The van der Waals surface area contributed by atoms with Gasteiger partial charge in [-0.15, -0.1) is 6.58 Å². The van der Waals surface area contributed by atoms with Crippen LogP contribution in [0.15, 0.2) is 29.7 Å². The largest absolute Gasteiger partial charge is 0.507 e. The van der Waals surface area contributed by atoms with Crippen LogP contribution < -0.4 is 0 Å². The summed E-state index contributed by atoms with van der Waals surface area (Å²) in [6.07, 6.45) is 3.60. The SMILES string of the molecule is C=CCN(C)N1C(=O)/C(=C\c2cc(C(C)(C)C)c(O)c(C(C)(C)C)c2)SC1=S. The summed E-state index contributed by atoms with van der Waals surface area (Å²) >= 11 is 6.70. The van der Waals surface area contributed by atoms with E-state index in [0.29, 0.717) is 21.5 Å². The molecule has 6 heteroatoms. The highest BCUT2D eigenvalue weighted by Crippen LogP contribution is 2.41. The Morgan fingerprint density at radius 3 is 2.11 bits per heavy atom. The number of nitrogens with zero attached hydrogens (tertiary/aromatic N) is 2. The van der Waals surface area contributed by atoms with Crippen LogP contribution in [0.1, 0.15) is 58.2 Å². The van der Waals surface area contributed by atoms with Crippen LogP contribution in [0.25, 0.3) is 6.08 Å². The first-order chi connectivity index (χ1) is 12.8. The highest BCUT2D eigenvalue weighted by molar-refractivity contribution is 8.26. The van der Waals surface area contributed by atoms with Crippen molar-refractivity contribution in [1.82, 2.24) is 10.0 Å². The summed E-state index contributed by atoms with van der Waals surface area (Å²) in [5, 5.41) is 14.1. The number of carbonyl (C=O) groups is 1. The van der Waals surface area contributed by atoms with Gasteiger partial charge in [-0.25, -0.2) is 10.0 Å². The number of aromatic hydroxyl groups is 1. The molecule has 1 fully saturated rings. The molecule has 1 N–H and O–H groups in total. The summed E-state index contributed by atoms with van der Waals surface area (Å²) in [6, 6.07) is 3.93. The van der Waals surface area contributed by atoms with Gasteiger partial charge in [0.1, 0.15) is 5.75 Å². The van der Waals surface area contributed by atoms with Crippen molar-refractivity contribution in [3.05, 3.63) is 46.4 Å². The van der Waals surface area contributed by atoms with E-state index in [9.17, 15) is 9.90 Å². The number of thiocarbonyl (C=S) groups is 1. The highest BCUT2D eigenvalue weighted by atomic mass is 32.2. The van der Waals surface area contributed by atoms with Gasteiger partial charge < -0.3 is 5.11 Å². The summed E-state index contributed by atoms with van der Waals surface area (Å²) in [5.74, 6) is 0.192. The third-order valence-electron chi connectivity index (χ3n) is 4.55. The second-order valence-corrected chi connectivity index (χ2v) is 10.8. The van der Waals surface area contributed by atoms with E-state index >= 15 is 0 Å². The fourth-order valence-electron chi connectivity index (χ4n) is 3.06. The summed E-state index contributed by atoms with van der Waals surface area (Å²) in [7, 11) is 1.81. The molecule has 0 spiro atoms. The minimum absolute atomic E-state index is 0.137. The summed E-state index contributed by atoms with van der Waals surface area (Å²) in [6.45, 7) is 16.7. The number of hydrogen-bond donors (Lipinski definition) is 1. The summed E-state index contributed by atoms with van der Waals surface area (Å²) in [5.41, 5.74) is 2.17. The van der Waals surface area contributed by atoms with Crippen molar-refractivity contribution in [3.8, 4) is 5.75 Å². The molecular weight excluding hydrogens is 388 g/mol. The Morgan fingerprint density at radius 2 is 1.68 bits per heavy atom. The molecule has 1 amide bonds. The van der Waals surface area contributed by atoms with E-state index in [2.05, 4.69) is 48.1 Å². The van der Waals surface area contributed by atoms with E-state index in [1.165, 1.54) is 16.8 Å². The number of phenols is 1. The zero-order valence-corrected chi connectivity index (χ0v) is 19.4. The highest BCUT2D eigenvalue weighted by Gasteiger charge is 2.35. The Kier molecular flexibility index (Phi) is 6.48. The molecule has 28 heavy (non-hydrogen) atoms. The number of thioether (sulfide) groups is 1. The minimum atomic E-state index is -0.225. The first-order valence-corrected chi connectivity index (χ1v) is 10.5. The van der Waals surface area contributed by atoms with Crippen LogP contribution >= 0.6 is 24.0 Å². The number of likely N-dealkylation sites (N-methyl/N-ethyl adjacent to an activating group) is 1. The Morgan fingerprint density at radius 1 is 1.18 bits per heavy atom. The number of rotatable bonds is 4. The number of amides is 1. The average molecular weight is 419 g/mol. The van der Waals surface area contributed by atoms with Gasteiger partial charge in [-0.3, -0.25) is 4.79 Å². The van der Waals surface area contributed by atoms with E-state index in [-0.39, 0.29) is 16.7 Å². The van der Waals surface area contributed by atoms with E-state index in [4.69, 9.17) is 12.2 Å². The molecule has 1 aliphatic heterocycles. The molecule has 0 unspecified atom stereocenters. The van der Waals surface area contributed by atoms with Gasteiger partial charge >= 0.3 is 0 Å². The van der Waals surface area contributed by atoms with E-state index in [1.807, 2.05) is 25.3 Å². The van der Waals surface area contributed by atoms with Crippen molar-refractivity contribution in [3.63, 3.8) is 0 Å². The third kappa shape index (κ3) is 4.67. The van der Waals surface area contributed by atoms with Crippen LogP contribution in [-0.4, -0.2) is 38.9 Å². The first kappa shape index (κ1) is 22.7. The van der Waals surface area contributed by atoms with Crippen LogP contribution in [0.2, 0.25) is 0 Å².